The topological polar surface area (TPSA) is 75.6 Å². The van der Waals surface area contributed by atoms with E-state index in [9.17, 15) is 0 Å². The molecule has 0 saturated heterocycles. The van der Waals surface area contributed by atoms with E-state index < -0.39 is 0 Å². The molecule has 0 radical (unpaired) electrons. The van der Waals surface area contributed by atoms with Crippen LogP contribution in [0.4, 0.5) is 0 Å². The minimum atomic E-state index is 0.785. The summed E-state index contributed by atoms with van der Waals surface area (Å²) in [5.41, 5.74) is 5.77. The van der Waals surface area contributed by atoms with Gasteiger partial charge in [-0.25, -0.2) is 9.97 Å². The Kier molecular flexibility index (Phi) is 9.25. The smallest absolute Gasteiger partial charge is 0.0890 e. The van der Waals surface area contributed by atoms with Gasteiger partial charge in [-0.3, -0.25) is 9.97 Å². The Bertz CT molecular complexity index is 1030. The van der Waals surface area contributed by atoms with E-state index in [1.54, 1.807) is 12.4 Å². The van der Waals surface area contributed by atoms with Crippen LogP contribution in [0.1, 0.15) is 37.1 Å². The number of aromatic nitrogens is 4. The van der Waals surface area contributed by atoms with E-state index >= 15 is 0 Å². The van der Waals surface area contributed by atoms with Crippen LogP contribution in [0.25, 0.3) is 22.8 Å². The minimum absolute atomic E-state index is 0.785. The van der Waals surface area contributed by atoms with Crippen LogP contribution in [0.15, 0.2) is 85.2 Å². The molecule has 0 unspecified atom stereocenters. The summed E-state index contributed by atoms with van der Waals surface area (Å²) in [4.78, 5) is 18.2. The van der Waals surface area contributed by atoms with Crippen LogP contribution < -0.4 is 10.6 Å². The lowest BCUT2D eigenvalue weighted by Gasteiger charge is -2.07. The fraction of sp³-hybridized carbons (Fsp3) is 0.286. The van der Waals surface area contributed by atoms with E-state index in [1.807, 2.05) is 60.7 Å². The fourth-order valence-corrected chi connectivity index (χ4v) is 3.76. The lowest BCUT2D eigenvalue weighted by atomic mass is 10.2. The van der Waals surface area contributed by atoms with Gasteiger partial charge >= 0.3 is 0 Å². The quantitative estimate of drug-likeness (QED) is 0.277. The van der Waals surface area contributed by atoms with Crippen LogP contribution >= 0.6 is 0 Å². The molecule has 174 valence electrons. The predicted octanol–water partition coefficient (Wildman–Crippen LogP) is 5.04. The maximum Gasteiger partial charge on any atom is 0.0890 e. The van der Waals surface area contributed by atoms with Crippen LogP contribution in [0.5, 0.6) is 0 Å². The van der Waals surface area contributed by atoms with Crippen molar-refractivity contribution >= 4 is 0 Å². The zero-order valence-corrected chi connectivity index (χ0v) is 19.5. The van der Waals surface area contributed by atoms with Gasteiger partial charge in [-0.05, 0) is 74.5 Å². The number of nitrogens with one attached hydrogen (secondary N) is 2. The third kappa shape index (κ3) is 7.54. The Labute approximate surface area is 202 Å². The van der Waals surface area contributed by atoms with Gasteiger partial charge in [0.05, 0.1) is 34.2 Å². The van der Waals surface area contributed by atoms with Crippen molar-refractivity contribution in [3.63, 3.8) is 0 Å². The number of nitrogens with zero attached hydrogens (tertiary/aromatic N) is 4. The third-order valence-electron chi connectivity index (χ3n) is 5.54. The first-order chi connectivity index (χ1) is 16.9. The summed E-state index contributed by atoms with van der Waals surface area (Å²) in [7, 11) is 0. The normalized spacial score (nSPS) is 10.9. The largest absolute Gasteiger partial charge is 0.311 e. The van der Waals surface area contributed by atoms with Gasteiger partial charge in [0.25, 0.3) is 0 Å². The Morgan fingerprint density at radius 3 is 1.38 bits per heavy atom. The number of rotatable bonds is 13. The molecule has 4 rings (SSSR count). The van der Waals surface area contributed by atoms with E-state index in [0.717, 1.165) is 60.3 Å². The summed E-state index contributed by atoms with van der Waals surface area (Å²) >= 11 is 0. The third-order valence-corrected chi connectivity index (χ3v) is 5.54. The van der Waals surface area contributed by atoms with Gasteiger partial charge in [-0.2, -0.15) is 0 Å². The molecule has 4 aromatic rings. The maximum atomic E-state index is 4.72. The first kappa shape index (κ1) is 23.7. The molecular formula is C28H32N6. The molecule has 4 heterocycles. The number of pyridine rings is 4. The summed E-state index contributed by atoms with van der Waals surface area (Å²) in [6.07, 6.45) is 8.40. The highest BCUT2D eigenvalue weighted by Gasteiger charge is 2.03. The van der Waals surface area contributed by atoms with Crippen LogP contribution in [-0.2, 0) is 13.1 Å². The molecule has 0 aliphatic carbocycles. The van der Waals surface area contributed by atoms with E-state index in [2.05, 4.69) is 32.7 Å². The van der Waals surface area contributed by atoms with Crippen molar-refractivity contribution in [1.82, 2.24) is 30.6 Å². The van der Waals surface area contributed by atoms with Gasteiger partial charge in [-0.1, -0.05) is 37.1 Å². The van der Waals surface area contributed by atoms with Crippen molar-refractivity contribution in [1.29, 1.82) is 0 Å². The van der Waals surface area contributed by atoms with E-state index in [-0.39, 0.29) is 0 Å². The van der Waals surface area contributed by atoms with Gasteiger partial charge in [-0.15, -0.1) is 0 Å². The van der Waals surface area contributed by atoms with Crippen LogP contribution in [0.3, 0.4) is 0 Å². The molecule has 0 amide bonds. The molecule has 0 bridgehead atoms. The molecule has 4 aromatic heterocycles. The van der Waals surface area contributed by atoms with Crippen molar-refractivity contribution in [2.24, 2.45) is 0 Å². The van der Waals surface area contributed by atoms with Gasteiger partial charge in [0.1, 0.15) is 0 Å². The lowest BCUT2D eigenvalue weighted by Crippen LogP contribution is -2.17. The first-order valence-electron chi connectivity index (χ1n) is 12.0. The summed E-state index contributed by atoms with van der Waals surface area (Å²) in [6.45, 7) is 3.58. The highest BCUT2D eigenvalue weighted by atomic mass is 14.9. The van der Waals surface area contributed by atoms with E-state index in [0.29, 0.717) is 0 Å². The Hall–Kier alpha value is -3.48. The summed E-state index contributed by atoms with van der Waals surface area (Å²) < 4.78 is 0. The molecule has 6 nitrogen and oxygen atoms in total. The van der Waals surface area contributed by atoms with Gasteiger partial charge in [0.15, 0.2) is 0 Å². The average Bonchev–Trinajstić information content (AvgIpc) is 2.91. The van der Waals surface area contributed by atoms with Crippen molar-refractivity contribution in [3.8, 4) is 22.8 Å². The van der Waals surface area contributed by atoms with Crippen molar-refractivity contribution < 1.29 is 0 Å². The molecule has 0 saturated carbocycles. The highest BCUT2D eigenvalue weighted by Crippen LogP contribution is 2.14. The predicted molar refractivity (Wildman–Crippen MR) is 137 cm³/mol. The Balaban J connectivity index is 1.06. The SMILES string of the molecule is c1ccc(-c2cccc(CNCCCCCCNCc3cccc(-c4ccccn4)n3)n2)nc1. The molecule has 0 aliphatic rings. The van der Waals surface area contributed by atoms with Gasteiger partial charge in [0.2, 0.25) is 0 Å². The fourth-order valence-electron chi connectivity index (χ4n) is 3.76. The monoisotopic (exact) mass is 452 g/mol. The molecule has 34 heavy (non-hydrogen) atoms. The van der Waals surface area contributed by atoms with E-state index in [1.165, 1.54) is 25.7 Å². The second-order valence-corrected chi connectivity index (χ2v) is 8.23. The molecule has 0 spiro atoms. The Morgan fingerprint density at radius 1 is 0.471 bits per heavy atom. The molecule has 0 aliphatic heterocycles. The van der Waals surface area contributed by atoms with Crippen molar-refractivity contribution in [3.05, 3.63) is 96.6 Å². The molecular weight excluding hydrogens is 420 g/mol. The highest BCUT2D eigenvalue weighted by molar-refractivity contribution is 5.54. The number of hydrogen-bond donors (Lipinski definition) is 2. The van der Waals surface area contributed by atoms with Gasteiger partial charge in [0, 0.05) is 25.5 Å². The van der Waals surface area contributed by atoms with E-state index in [4.69, 9.17) is 9.97 Å². The molecule has 6 heteroatoms. The molecule has 2 N–H and O–H groups in total. The first-order valence-corrected chi connectivity index (χ1v) is 12.0. The summed E-state index contributed by atoms with van der Waals surface area (Å²) in [5.74, 6) is 0. The zero-order chi connectivity index (χ0) is 23.3. The number of unbranched alkanes of at least 4 members (excludes halogenated alkanes) is 3. The molecule has 0 fully saturated rings. The number of hydrogen-bond acceptors (Lipinski definition) is 6. The molecule has 0 aromatic carbocycles. The summed E-state index contributed by atoms with van der Waals surface area (Å²) in [5, 5.41) is 7.02. The molecule has 0 atom stereocenters. The van der Waals surface area contributed by atoms with Crippen LogP contribution in [0.2, 0.25) is 0 Å². The Morgan fingerprint density at radius 2 is 0.941 bits per heavy atom. The van der Waals surface area contributed by atoms with Crippen molar-refractivity contribution in [2.45, 2.75) is 38.8 Å². The zero-order valence-electron chi connectivity index (χ0n) is 19.5. The average molecular weight is 453 g/mol. The summed E-state index contributed by atoms with van der Waals surface area (Å²) in [6, 6.07) is 24.0. The van der Waals surface area contributed by atoms with Crippen LogP contribution in [-0.4, -0.2) is 33.0 Å². The lowest BCUT2D eigenvalue weighted by molar-refractivity contribution is 0.559. The minimum Gasteiger partial charge on any atom is -0.311 e. The second-order valence-electron chi connectivity index (χ2n) is 8.23. The van der Waals surface area contributed by atoms with Crippen molar-refractivity contribution in [2.75, 3.05) is 13.1 Å². The standard InChI is InChI=1S/C28H32N6/c1(5-17-29-21-23-11-9-15-27(33-23)25-13-3-7-19-31-25)2-6-18-30-22-24-12-10-16-28(34-24)26-14-4-8-20-32-26/h3-4,7-16,19-20,29-30H,1-2,5-6,17-18,21-22H2. The second kappa shape index (κ2) is 13.3. The van der Waals surface area contributed by atoms with Crippen LogP contribution in [0, 0.1) is 0 Å². The maximum absolute atomic E-state index is 4.72. The van der Waals surface area contributed by atoms with Gasteiger partial charge < -0.3 is 10.6 Å².